The highest BCUT2D eigenvalue weighted by atomic mass is 35.5. The van der Waals surface area contributed by atoms with Crippen LogP contribution in [-0.2, 0) is 5.75 Å². The average Bonchev–Trinajstić information content (AvgIpc) is 2.54. The molecule has 0 heterocycles. The summed E-state index contributed by atoms with van der Waals surface area (Å²) in [6.07, 6.45) is 1.08. The van der Waals surface area contributed by atoms with Gasteiger partial charge in [-0.25, -0.2) is 0 Å². The number of hydrogen-bond donors (Lipinski definition) is 2. The van der Waals surface area contributed by atoms with Gasteiger partial charge in [0.2, 0.25) is 0 Å². The SMILES string of the molecule is Cc1ccccc1CSCCCNC(=S)Nc1ccc(Cl)cc1. The second kappa shape index (κ2) is 9.81. The van der Waals surface area contributed by atoms with Crippen LogP contribution < -0.4 is 10.6 Å². The molecule has 0 saturated heterocycles. The first kappa shape index (κ1) is 18.1. The van der Waals surface area contributed by atoms with Crippen LogP contribution in [0.2, 0.25) is 5.02 Å². The van der Waals surface area contributed by atoms with E-state index in [2.05, 4.69) is 41.8 Å². The summed E-state index contributed by atoms with van der Waals surface area (Å²) in [5.74, 6) is 2.19. The smallest absolute Gasteiger partial charge is 0.170 e. The Kier molecular flexibility index (Phi) is 7.72. The van der Waals surface area contributed by atoms with Gasteiger partial charge >= 0.3 is 0 Å². The van der Waals surface area contributed by atoms with E-state index in [1.54, 1.807) is 0 Å². The molecule has 0 unspecified atom stereocenters. The molecule has 2 aromatic carbocycles. The molecular weight excluding hydrogens is 344 g/mol. The molecule has 0 spiro atoms. The number of hydrogen-bond acceptors (Lipinski definition) is 2. The van der Waals surface area contributed by atoms with E-state index < -0.39 is 0 Å². The van der Waals surface area contributed by atoms with Crippen molar-refractivity contribution >= 4 is 46.4 Å². The highest BCUT2D eigenvalue weighted by Gasteiger charge is 1.99. The molecule has 2 aromatic rings. The zero-order valence-corrected chi connectivity index (χ0v) is 15.5. The summed E-state index contributed by atoms with van der Waals surface area (Å²) >= 11 is 13.1. The van der Waals surface area contributed by atoms with Gasteiger partial charge in [0.25, 0.3) is 0 Å². The highest BCUT2D eigenvalue weighted by Crippen LogP contribution is 2.16. The van der Waals surface area contributed by atoms with Crippen LogP contribution in [0.1, 0.15) is 17.5 Å². The van der Waals surface area contributed by atoms with Crippen molar-refractivity contribution in [3.8, 4) is 0 Å². The average molecular weight is 365 g/mol. The quantitative estimate of drug-likeness (QED) is 0.517. The monoisotopic (exact) mass is 364 g/mol. The second-order valence-electron chi connectivity index (χ2n) is 5.22. The van der Waals surface area contributed by atoms with Crippen molar-refractivity contribution in [3.05, 3.63) is 64.7 Å². The molecule has 23 heavy (non-hydrogen) atoms. The van der Waals surface area contributed by atoms with E-state index in [-0.39, 0.29) is 0 Å². The van der Waals surface area contributed by atoms with Crippen molar-refractivity contribution < 1.29 is 0 Å². The molecule has 0 fully saturated rings. The van der Waals surface area contributed by atoms with Crippen molar-refractivity contribution in [2.75, 3.05) is 17.6 Å². The van der Waals surface area contributed by atoms with Gasteiger partial charge in [-0.2, -0.15) is 11.8 Å². The lowest BCUT2D eigenvalue weighted by atomic mass is 10.1. The summed E-state index contributed by atoms with van der Waals surface area (Å²) in [6.45, 7) is 3.04. The lowest BCUT2D eigenvalue weighted by Gasteiger charge is -2.10. The van der Waals surface area contributed by atoms with Crippen LogP contribution in [0.25, 0.3) is 0 Å². The van der Waals surface area contributed by atoms with Crippen LogP contribution in [0.4, 0.5) is 5.69 Å². The van der Waals surface area contributed by atoms with Gasteiger partial charge in [-0.15, -0.1) is 0 Å². The number of benzene rings is 2. The standard InChI is InChI=1S/C18H21ClN2S2/c1-14-5-2-3-6-15(14)13-23-12-4-11-20-18(22)21-17-9-7-16(19)8-10-17/h2-3,5-10H,4,11-13H2,1H3,(H2,20,21,22). The molecule has 2 rings (SSSR count). The molecule has 0 aliphatic carbocycles. The Labute approximate surface area is 153 Å². The molecule has 0 atom stereocenters. The first-order chi connectivity index (χ1) is 11.1. The number of rotatable bonds is 7. The zero-order valence-electron chi connectivity index (χ0n) is 13.1. The number of nitrogens with one attached hydrogen (secondary N) is 2. The van der Waals surface area contributed by atoms with Crippen LogP contribution in [0.15, 0.2) is 48.5 Å². The molecular formula is C18H21ClN2S2. The first-order valence-corrected chi connectivity index (χ1v) is 9.52. The van der Waals surface area contributed by atoms with E-state index in [1.807, 2.05) is 36.0 Å². The molecule has 122 valence electrons. The summed E-state index contributed by atoms with van der Waals surface area (Å²) < 4.78 is 0. The van der Waals surface area contributed by atoms with E-state index >= 15 is 0 Å². The first-order valence-electron chi connectivity index (χ1n) is 7.58. The maximum Gasteiger partial charge on any atom is 0.170 e. The van der Waals surface area contributed by atoms with Gasteiger partial charge in [0.1, 0.15) is 0 Å². The summed E-state index contributed by atoms with van der Waals surface area (Å²) in [5.41, 5.74) is 3.73. The van der Waals surface area contributed by atoms with Gasteiger partial charge < -0.3 is 10.6 Å². The summed E-state index contributed by atoms with van der Waals surface area (Å²) in [5, 5.41) is 7.75. The van der Waals surface area contributed by atoms with Gasteiger partial charge in [0.05, 0.1) is 0 Å². The number of aryl methyl sites for hydroxylation is 1. The number of anilines is 1. The number of thiocarbonyl (C=S) groups is 1. The van der Waals surface area contributed by atoms with Crippen molar-refractivity contribution in [1.29, 1.82) is 0 Å². The Morgan fingerprint density at radius 1 is 1.13 bits per heavy atom. The minimum atomic E-state index is 0.649. The van der Waals surface area contributed by atoms with Crippen molar-refractivity contribution in [2.45, 2.75) is 19.1 Å². The maximum absolute atomic E-state index is 5.86. The van der Waals surface area contributed by atoms with Crippen LogP contribution in [0.5, 0.6) is 0 Å². The van der Waals surface area contributed by atoms with Gasteiger partial charge in [0.15, 0.2) is 5.11 Å². The van der Waals surface area contributed by atoms with Crippen LogP contribution in [0, 0.1) is 6.92 Å². The van der Waals surface area contributed by atoms with Crippen LogP contribution in [0.3, 0.4) is 0 Å². The third-order valence-electron chi connectivity index (χ3n) is 3.37. The van der Waals surface area contributed by atoms with Crippen LogP contribution >= 0.6 is 35.6 Å². The molecule has 0 radical (unpaired) electrons. The molecule has 2 N–H and O–H groups in total. The summed E-state index contributed by atoms with van der Waals surface area (Å²) in [6, 6.07) is 16.1. The Bertz CT molecular complexity index is 629. The molecule has 2 nitrogen and oxygen atoms in total. The lowest BCUT2D eigenvalue weighted by Crippen LogP contribution is -2.29. The summed E-state index contributed by atoms with van der Waals surface area (Å²) in [7, 11) is 0. The van der Waals surface area contributed by atoms with Crippen molar-refractivity contribution in [2.24, 2.45) is 0 Å². The minimum absolute atomic E-state index is 0.649. The molecule has 0 saturated carbocycles. The topological polar surface area (TPSA) is 24.1 Å². The maximum atomic E-state index is 5.86. The van der Waals surface area contributed by atoms with Crippen molar-refractivity contribution in [3.63, 3.8) is 0 Å². The Hall–Kier alpha value is -1.23. The number of thioether (sulfide) groups is 1. The Morgan fingerprint density at radius 3 is 2.61 bits per heavy atom. The third-order valence-corrected chi connectivity index (χ3v) is 4.96. The predicted octanol–water partition coefficient (Wildman–Crippen LogP) is 5.26. The normalized spacial score (nSPS) is 10.3. The highest BCUT2D eigenvalue weighted by molar-refractivity contribution is 7.98. The number of halogens is 1. The van der Waals surface area contributed by atoms with Gasteiger partial charge in [-0.3, -0.25) is 0 Å². The van der Waals surface area contributed by atoms with E-state index in [1.165, 1.54) is 11.1 Å². The fourth-order valence-corrected chi connectivity index (χ4v) is 3.42. The predicted molar refractivity (Wildman–Crippen MR) is 108 cm³/mol. The summed E-state index contributed by atoms with van der Waals surface area (Å²) in [4.78, 5) is 0. The van der Waals surface area contributed by atoms with Gasteiger partial charge in [-0.1, -0.05) is 35.9 Å². The molecule has 0 aliphatic heterocycles. The molecule has 5 heteroatoms. The molecule has 0 bridgehead atoms. The molecule has 0 aliphatic rings. The van der Waals surface area contributed by atoms with Gasteiger partial charge in [0, 0.05) is 23.0 Å². The molecule has 0 amide bonds. The molecule has 0 aromatic heterocycles. The minimum Gasteiger partial charge on any atom is -0.362 e. The van der Waals surface area contributed by atoms with E-state index in [0.717, 1.165) is 35.2 Å². The van der Waals surface area contributed by atoms with E-state index in [0.29, 0.717) is 5.11 Å². The van der Waals surface area contributed by atoms with Gasteiger partial charge in [-0.05, 0) is 66.7 Å². The zero-order chi connectivity index (χ0) is 16.5. The van der Waals surface area contributed by atoms with E-state index in [9.17, 15) is 0 Å². The second-order valence-corrected chi connectivity index (χ2v) is 7.17. The van der Waals surface area contributed by atoms with Crippen molar-refractivity contribution in [1.82, 2.24) is 5.32 Å². The largest absolute Gasteiger partial charge is 0.362 e. The van der Waals surface area contributed by atoms with E-state index in [4.69, 9.17) is 23.8 Å². The fourth-order valence-electron chi connectivity index (χ4n) is 2.04. The third kappa shape index (κ3) is 6.81. The van der Waals surface area contributed by atoms with Crippen LogP contribution in [-0.4, -0.2) is 17.4 Å². The Balaban J connectivity index is 1.57. The Morgan fingerprint density at radius 2 is 1.87 bits per heavy atom. The lowest BCUT2D eigenvalue weighted by molar-refractivity contribution is 0.854. The fraction of sp³-hybridized carbons (Fsp3) is 0.278.